The van der Waals surface area contributed by atoms with Gasteiger partial charge in [0.05, 0.1) is 29.3 Å². The van der Waals surface area contributed by atoms with Crippen molar-refractivity contribution < 1.29 is 9.94 Å². The van der Waals surface area contributed by atoms with E-state index in [1.807, 2.05) is 12.1 Å². The Balaban J connectivity index is 2.07. The monoisotopic (exact) mass is 212 g/mol. The van der Waals surface area contributed by atoms with E-state index in [0.29, 0.717) is 0 Å². The summed E-state index contributed by atoms with van der Waals surface area (Å²) in [5, 5.41) is 12.6. The Hall–Kier alpha value is -1.07. The largest absolute Gasteiger partial charge is 0.411 e. The molecule has 0 atom stereocenters. The van der Waals surface area contributed by atoms with E-state index >= 15 is 0 Å². The van der Waals surface area contributed by atoms with E-state index in [0.717, 1.165) is 31.2 Å². The number of rotatable bonds is 2. The van der Waals surface area contributed by atoms with Gasteiger partial charge < -0.3 is 14.8 Å². The molecule has 0 unspecified atom stereocenters. The summed E-state index contributed by atoms with van der Waals surface area (Å²) in [6, 6.07) is 4.00. The number of ether oxygens (including phenoxy) is 1. The lowest BCUT2D eigenvalue weighted by atomic mass is 10.4. The summed E-state index contributed by atoms with van der Waals surface area (Å²) in [5.74, 6) is 0. The average molecular weight is 212 g/mol. The minimum absolute atomic E-state index is 0.793. The maximum absolute atomic E-state index is 8.38. The number of hydrogen-bond donors (Lipinski definition) is 1. The van der Waals surface area contributed by atoms with E-state index in [1.54, 1.807) is 11.3 Å². The third-order valence-corrected chi connectivity index (χ3v) is 3.20. The van der Waals surface area contributed by atoms with Crippen molar-refractivity contribution in [2.24, 2.45) is 5.16 Å². The highest BCUT2D eigenvalue weighted by atomic mass is 32.1. The van der Waals surface area contributed by atoms with Crippen molar-refractivity contribution in [2.75, 3.05) is 31.2 Å². The second-order valence-corrected chi connectivity index (χ2v) is 4.11. The predicted molar refractivity (Wildman–Crippen MR) is 56.7 cm³/mol. The van der Waals surface area contributed by atoms with Gasteiger partial charge in [0.15, 0.2) is 0 Å². The van der Waals surface area contributed by atoms with Crippen LogP contribution >= 0.6 is 11.3 Å². The molecule has 1 saturated heterocycles. The first-order chi connectivity index (χ1) is 6.90. The zero-order valence-corrected chi connectivity index (χ0v) is 8.54. The van der Waals surface area contributed by atoms with Crippen molar-refractivity contribution in [3.05, 3.63) is 17.0 Å². The molecular formula is C9H12N2O2S. The number of nitrogens with zero attached hydrogens (tertiary/aromatic N) is 2. The van der Waals surface area contributed by atoms with Gasteiger partial charge in [0, 0.05) is 13.1 Å². The highest BCUT2D eigenvalue weighted by Crippen LogP contribution is 2.25. The number of hydrogen-bond acceptors (Lipinski definition) is 5. The number of oxime groups is 1. The van der Waals surface area contributed by atoms with Gasteiger partial charge >= 0.3 is 0 Å². The molecule has 0 bridgehead atoms. The molecule has 1 aromatic heterocycles. The highest BCUT2D eigenvalue weighted by molar-refractivity contribution is 7.17. The van der Waals surface area contributed by atoms with Gasteiger partial charge in [0.25, 0.3) is 0 Å². The van der Waals surface area contributed by atoms with Gasteiger partial charge in [-0.05, 0) is 12.1 Å². The van der Waals surface area contributed by atoms with Crippen LogP contribution in [0, 0.1) is 0 Å². The van der Waals surface area contributed by atoms with E-state index in [9.17, 15) is 0 Å². The maximum atomic E-state index is 8.38. The fraction of sp³-hybridized carbons (Fsp3) is 0.444. The lowest BCUT2D eigenvalue weighted by Crippen LogP contribution is -2.35. The van der Waals surface area contributed by atoms with Crippen molar-refractivity contribution in [1.82, 2.24) is 0 Å². The van der Waals surface area contributed by atoms with Crippen LogP contribution in [-0.4, -0.2) is 37.7 Å². The summed E-state index contributed by atoms with van der Waals surface area (Å²) in [4.78, 5) is 3.25. The highest BCUT2D eigenvalue weighted by Gasteiger charge is 2.12. The summed E-state index contributed by atoms with van der Waals surface area (Å²) in [6.07, 6.45) is 1.45. The van der Waals surface area contributed by atoms with Crippen LogP contribution in [-0.2, 0) is 4.74 Å². The molecule has 0 radical (unpaired) electrons. The van der Waals surface area contributed by atoms with Gasteiger partial charge in [-0.1, -0.05) is 5.16 Å². The number of anilines is 1. The molecule has 1 aliphatic heterocycles. The molecule has 0 aliphatic carbocycles. The van der Waals surface area contributed by atoms with Crippen molar-refractivity contribution in [2.45, 2.75) is 0 Å². The molecule has 4 nitrogen and oxygen atoms in total. The molecule has 0 aromatic carbocycles. The van der Waals surface area contributed by atoms with Crippen LogP contribution in [0.25, 0.3) is 0 Å². The van der Waals surface area contributed by atoms with Gasteiger partial charge in [0.2, 0.25) is 0 Å². The van der Waals surface area contributed by atoms with E-state index in [-0.39, 0.29) is 0 Å². The Morgan fingerprint density at radius 3 is 2.93 bits per heavy atom. The summed E-state index contributed by atoms with van der Waals surface area (Å²) < 4.78 is 5.27. The van der Waals surface area contributed by atoms with Gasteiger partial charge in [-0.25, -0.2) is 0 Å². The lowest BCUT2D eigenvalue weighted by molar-refractivity contribution is 0.123. The smallest absolute Gasteiger partial charge is 0.0916 e. The van der Waals surface area contributed by atoms with Crippen LogP contribution in [0.2, 0.25) is 0 Å². The van der Waals surface area contributed by atoms with Crippen molar-refractivity contribution in [3.8, 4) is 0 Å². The van der Waals surface area contributed by atoms with Gasteiger partial charge in [-0.2, -0.15) is 0 Å². The van der Waals surface area contributed by atoms with Crippen LogP contribution in [0.15, 0.2) is 17.3 Å². The lowest BCUT2D eigenvalue weighted by Gasteiger charge is -2.27. The van der Waals surface area contributed by atoms with Crippen LogP contribution in [0.1, 0.15) is 4.88 Å². The second kappa shape index (κ2) is 4.43. The fourth-order valence-corrected chi connectivity index (χ4v) is 2.35. The van der Waals surface area contributed by atoms with E-state index in [4.69, 9.17) is 9.94 Å². The van der Waals surface area contributed by atoms with E-state index in [2.05, 4.69) is 10.1 Å². The molecule has 0 spiro atoms. The minimum Gasteiger partial charge on any atom is -0.411 e. The quantitative estimate of drug-likeness (QED) is 0.458. The molecule has 76 valence electrons. The first kappa shape index (κ1) is 9.48. The summed E-state index contributed by atoms with van der Waals surface area (Å²) in [5.41, 5.74) is 0. The van der Waals surface area contributed by atoms with Gasteiger partial charge in [-0.15, -0.1) is 11.3 Å². The third-order valence-electron chi connectivity index (χ3n) is 2.12. The molecular weight excluding hydrogens is 200 g/mol. The molecule has 0 amide bonds. The molecule has 2 heterocycles. The summed E-state index contributed by atoms with van der Waals surface area (Å²) in [7, 11) is 0. The summed E-state index contributed by atoms with van der Waals surface area (Å²) >= 11 is 1.63. The van der Waals surface area contributed by atoms with Crippen LogP contribution in [0.4, 0.5) is 5.00 Å². The summed E-state index contributed by atoms with van der Waals surface area (Å²) in [6.45, 7) is 3.47. The Morgan fingerprint density at radius 1 is 1.43 bits per heavy atom. The Kier molecular flexibility index (Phi) is 3.00. The fourth-order valence-electron chi connectivity index (χ4n) is 1.42. The molecule has 1 fully saturated rings. The zero-order valence-electron chi connectivity index (χ0n) is 7.72. The molecule has 2 rings (SSSR count). The number of thiophene rings is 1. The topological polar surface area (TPSA) is 45.1 Å². The molecule has 1 aromatic rings. The van der Waals surface area contributed by atoms with Gasteiger partial charge in [0.1, 0.15) is 0 Å². The van der Waals surface area contributed by atoms with Crippen molar-refractivity contribution >= 4 is 22.6 Å². The zero-order chi connectivity index (χ0) is 9.80. The minimum atomic E-state index is 0.793. The maximum Gasteiger partial charge on any atom is 0.0916 e. The SMILES string of the molecule is O/N=C/c1ccc(N2CCOCC2)s1. The van der Waals surface area contributed by atoms with Crippen LogP contribution in [0.5, 0.6) is 0 Å². The van der Waals surface area contributed by atoms with Crippen molar-refractivity contribution in [1.29, 1.82) is 0 Å². The third kappa shape index (κ3) is 2.05. The van der Waals surface area contributed by atoms with Crippen molar-refractivity contribution in [3.63, 3.8) is 0 Å². The van der Waals surface area contributed by atoms with Crippen LogP contribution in [0.3, 0.4) is 0 Å². The molecule has 14 heavy (non-hydrogen) atoms. The van der Waals surface area contributed by atoms with E-state index in [1.165, 1.54) is 11.2 Å². The first-order valence-electron chi connectivity index (χ1n) is 4.50. The normalized spacial score (nSPS) is 17.9. The second-order valence-electron chi connectivity index (χ2n) is 3.02. The Labute approximate surface area is 86.4 Å². The number of morpholine rings is 1. The van der Waals surface area contributed by atoms with E-state index < -0.39 is 0 Å². The molecule has 1 N–H and O–H groups in total. The Morgan fingerprint density at radius 2 is 2.21 bits per heavy atom. The van der Waals surface area contributed by atoms with Gasteiger partial charge in [-0.3, -0.25) is 0 Å². The molecule has 5 heteroatoms. The Bertz CT molecular complexity index is 318. The first-order valence-corrected chi connectivity index (χ1v) is 5.32. The predicted octanol–water partition coefficient (Wildman–Crippen LogP) is 1.39. The molecule has 1 aliphatic rings. The standard InChI is InChI=1S/C9H12N2O2S/c12-10-7-8-1-2-9(14-8)11-3-5-13-6-4-11/h1-2,7,12H,3-6H2/b10-7+. The average Bonchev–Trinajstić information content (AvgIpc) is 2.68. The molecule has 0 saturated carbocycles. The van der Waals surface area contributed by atoms with Crippen LogP contribution < -0.4 is 4.90 Å².